The molecular weight excluding hydrogens is 172 g/mol. The van der Waals surface area contributed by atoms with Crippen LogP contribution in [0.2, 0.25) is 0 Å². The van der Waals surface area contributed by atoms with Crippen LogP contribution < -0.4 is 0 Å². The van der Waals surface area contributed by atoms with E-state index in [-0.39, 0.29) is 10.9 Å². The Bertz CT molecular complexity index is 260. The number of nitroso groups, excluding NO2 is 1. The van der Waals surface area contributed by atoms with Gasteiger partial charge in [-0.1, -0.05) is 24.3 Å². The van der Waals surface area contributed by atoms with E-state index in [9.17, 15) is 4.91 Å². The maximum absolute atomic E-state index is 10.5. The Hall–Kier alpha value is -1.20. The highest BCUT2D eigenvalue weighted by Gasteiger charge is 2.28. The molecule has 0 saturated heterocycles. The molecule has 0 fully saturated rings. The van der Waals surface area contributed by atoms with Crippen molar-refractivity contribution in [3.05, 3.63) is 28.8 Å². The zero-order chi connectivity index (χ0) is 9.90. The van der Waals surface area contributed by atoms with Crippen LogP contribution in [0.5, 0.6) is 0 Å². The van der Waals surface area contributed by atoms with Crippen LogP contribution in [0.15, 0.2) is 29.1 Å². The van der Waals surface area contributed by atoms with Gasteiger partial charge in [-0.05, 0) is 12.5 Å². The van der Waals surface area contributed by atoms with E-state index in [0.717, 1.165) is 0 Å². The molecule has 1 rings (SSSR count). The topological polar surface area (TPSA) is 73.1 Å². The van der Waals surface area contributed by atoms with Gasteiger partial charge in [0.05, 0.1) is 5.70 Å². The lowest BCUT2D eigenvalue weighted by molar-refractivity contribution is -0.275. The number of allylic oxidation sites excluding steroid dienone is 1. The van der Waals surface area contributed by atoms with Gasteiger partial charge in [0.15, 0.2) is 0 Å². The van der Waals surface area contributed by atoms with Gasteiger partial charge in [0.2, 0.25) is 0 Å². The summed E-state index contributed by atoms with van der Waals surface area (Å²) >= 11 is 0. The molecule has 5 heteroatoms. The van der Waals surface area contributed by atoms with Crippen LogP contribution in [0.25, 0.3) is 0 Å². The van der Waals surface area contributed by atoms with Crippen molar-refractivity contribution in [3.63, 3.8) is 0 Å². The van der Waals surface area contributed by atoms with Crippen molar-refractivity contribution in [1.82, 2.24) is 5.23 Å². The van der Waals surface area contributed by atoms with Crippen molar-refractivity contribution < 1.29 is 10.4 Å². The molecule has 1 atom stereocenters. The Balaban J connectivity index is 2.77. The fourth-order valence-electron chi connectivity index (χ4n) is 1.20. The lowest BCUT2D eigenvalue weighted by Crippen LogP contribution is -2.25. The first-order valence-electron chi connectivity index (χ1n) is 4.05. The van der Waals surface area contributed by atoms with Crippen molar-refractivity contribution in [1.29, 1.82) is 0 Å². The van der Waals surface area contributed by atoms with E-state index in [4.69, 9.17) is 10.4 Å². The molecular formula is C8H12N2O3. The molecule has 0 heterocycles. The smallest absolute Gasteiger partial charge is 0.124 e. The van der Waals surface area contributed by atoms with Crippen molar-refractivity contribution in [3.8, 4) is 0 Å². The largest absolute Gasteiger partial charge is 0.264 e. The molecule has 0 aromatic carbocycles. The minimum absolute atomic E-state index is 0.0287. The molecule has 72 valence electrons. The van der Waals surface area contributed by atoms with Crippen molar-refractivity contribution in [2.24, 2.45) is 5.18 Å². The van der Waals surface area contributed by atoms with Crippen LogP contribution in [0.3, 0.4) is 0 Å². The standard InChI is InChI=1S/C8H12N2O3/c1-2-8(9-11)5-3-7(4-6-8)10(12)13/h3-5,12-13H,2,6H2,1H3. The average Bonchev–Trinajstić information content (AvgIpc) is 2.18. The van der Waals surface area contributed by atoms with Crippen LogP contribution in [0.4, 0.5) is 0 Å². The maximum atomic E-state index is 10.5. The second kappa shape index (κ2) is 3.68. The summed E-state index contributed by atoms with van der Waals surface area (Å²) in [5, 5.41) is 20.4. The summed E-state index contributed by atoms with van der Waals surface area (Å²) in [5.74, 6) is 0. The van der Waals surface area contributed by atoms with Crippen molar-refractivity contribution >= 4 is 0 Å². The fourth-order valence-corrected chi connectivity index (χ4v) is 1.20. The highest BCUT2D eigenvalue weighted by molar-refractivity contribution is 5.27. The molecule has 2 N–H and O–H groups in total. The average molecular weight is 184 g/mol. The maximum Gasteiger partial charge on any atom is 0.124 e. The van der Waals surface area contributed by atoms with Gasteiger partial charge < -0.3 is 0 Å². The zero-order valence-corrected chi connectivity index (χ0v) is 7.34. The minimum Gasteiger partial charge on any atom is -0.264 e. The van der Waals surface area contributed by atoms with Gasteiger partial charge in [-0.3, -0.25) is 10.4 Å². The van der Waals surface area contributed by atoms with Gasteiger partial charge >= 0.3 is 0 Å². The highest BCUT2D eigenvalue weighted by Crippen LogP contribution is 2.28. The summed E-state index contributed by atoms with van der Waals surface area (Å²) in [6, 6.07) is 0. The molecule has 0 aliphatic heterocycles. The van der Waals surface area contributed by atoms with E-state index in [1.165, 1.54) is 6.08 Å². The summed E-state index contributed by atoms with van der Waals surface area (Å²) in [4.78, 5) is 10.5. The lowest BCUT2D eigenvalue weighted by atomic mass is 9.89. The first kappa shape index (κ1) is 9.88. The number of hydrogen-bond donors (Lipinski definition) is 2. The molecule has 1 aliphatic carbocycles. The van der Waals surface area contributed by atoms with Crippen LogP contribution in [0.1, 0.15) is 19.8 Å². The monoisotopic (exact) mass is 184 g/mol. The molecule has 0 saturated carbocycles. The molecule has 0 aromatic rings. The van der Waals surface area contributed by atoms with Gasteiger partial charge in [0.25, 0.3) is 0 Å². The molecule has 5 nitrogen and oxygen atoms in total. The highest BCUT2D eigenvalue weighted by atomic mass is 16.8. The quantitative estimate of drug-likeness (QED) is 0.518. The number of nitrogens with zero attached hydrogens (tertiary/aromatic N) is 2. The second-order valence-electron chi connectivity index (χ2n) is 3.00. The van der Waals surface area contributed by atoms with Crippen LogP contribution in [-0.2, 0) is 0 Å². The van der Waals surface area contributed by atoms with Gasteiger partial charge in [0.1, 0.15) is 5.54 Å². The van der Waals surface area contributed by atoms with E-state index in [2.05, 4.69) is 5.18 Å². The number of rotatable bonds is 3. The first-order chi connectivity index (χ1) is 6.13. The van der Waals surface area contributed by atoms with Crippen LogP contribution in [-0.4, -0.2) is 21.2 Å². The molecule has 0 radical (unpaired) electrons. The van der Waals surface area contributed by atoms with Crippen molar-refractivity contribution in [2.45, 2.75) is 25.3 Å². The summed E-state index contributed by atoms with van der Waals surface area (Å²) in [7, 11) is 0. The Morgan fingerprint density at radius 3 is 2.69 bits per heavy atom. The van der Waals surface area contributed by atoms with Gasteiger partial charge in [0, 0.05) is 6.42 Å². The molecule has 1 unspecified atom stereocenters. The molecule has 1 aliphatic rings. The third kappa shape index (κ3) is 1.93. The van der Waals surface area contributed by atoms with E-state index in [1.54, 1.807) is 12.2 Å². The lowest BCUT2D eigenvalue weighted by Gasteiger charge is -2.23. The number of hydrogen-bond acceptors (Lipinski definition) is 5. The van der Waals surface area contributed by atoms with Crippen LogP contribution >= 0.6 is 0 Å². The number of hydroxylamine groups is 2. The van der Waals surface area contributed by atoms with E-state index in [1.807, 2.05) is 6.92 Å². The minimum atomic E-state index is -0.709. The predicted octanol–water partition coefficient (Wildman–Crippen LogP) is 1.83. The Morgan fingerprint density at radius 2 is 2.38 bits per heavy atom. The third-order valence-electron chi connectivity index (χ3n) is 2.25. The van der Waals surface area contributed by atoms with Crippen molar-refractivity contribution in [2.75, 3.05) is 0 Å². The van der Waals surface area contributed by atoms with Crippen LogP contribution in [0, 0.1) is 4.91 Å². The molecule has 0 spiro atoms. The summed E-state index contributed by atoms with van der Waals surface area (Å²) < 4.78 is 0. The summed E-state index contributed by atoms with van der Waals surface area (Å²) in [6.07, 6.45) is 5.62. The molecule has 0 amide bonds. The van der Waals surface area contributed by atoms with E-state index < -0.39 is 5.54 Å². The fraction of sp³-hybridized carbons (Fsp3) is 0.500. The second-order valence-corrected chi connectivity index (χ2v) is 3.00. The SMILES string of the molecule is CCC1(N=O)C=CC(N(O)O)=CC1. The molecule has 0 aromatic heterocycles. The Labute approximate surface area is 75.9 Å². The van der Waals surface area contributed by atoms with Gasteiger partial charge in [-0.2, -0.15) is 0 Å². The zero-order valence-electron chi connectivity index (χ0n) is 7.34. The van der Waals surface area contributed by atoms with Gasteiger partial charge in [-0.15, -0.1) is 10.1 Å². The Morgan fingerprint density at radius 1 is 1.69 bits per heavy atom. The Kier molecular flexibility index (Phi) is 2.79. The molecule has 13 heavy (non-hydrogen) atoms. The predicted molar refractivity (Wildman–Crippen MR) is 46.1 cm³/mol. The first-order valence-corrected chi connectivity index (χ1v) is 4.05. The normalized spacial score (nSPS) is 26.8. The third-order valence-corrected chi connectivity index (χ3v) is 2.25. The summed E-state index contributed by atoms with van der Waals surface area (Å²) in [6.45, 7) is 1.86. The molecule has 0 bridgehead atoms. The van der Waals surface area contributed by atoms with Gasteiger partial charge in [-0.25, -0.2) is 0 Å². The van der Waals surface area contributed by atoms with E-state index in [0.29, 0.717) is 12.8 Å². The van der Waals surface area contributed by atoms with E-state index >= 15 is 0 Å². The summed E-state index contributed by atoms with van der Waals surface area (Å²) in [5.41, 5.74) is -0.452.